The fraction of sp³-hybridized carbons (Fsp3) is 0.158. The van der Waals surface area contributed by atoms with Crippen LogP contribution in [-0.4, -0.2) is 18.0 Å². The Labute approximate surface area is 145 Å². The Morgan fingerprint density at radius 3 is 2.75 bits per heavy atom. The molecule has 0 saturated heterocycles. The fourth-order valence-corrected chi connectivity index (χ4v) is 3.35. The van der Waals surface area contributed by atoms with Crippen LogP contribution >= 0.6 is 11.3 Å². The Bertz CT molecular complexity index is 887. The number of amides is 1. The van der Waals surface area contributed by atoms with E-state index in [0.717, 1.165) is 10.4 Å². The molecule has 1 N–H and O–H groups in total. The van der Waals surface area contributed by atoms with Gasteiger partial charge < -0.3 is 4.74 Å². The number of rotatable bonds is 4. The molecule has 0 atom stereocenters. The molecule has 0 radical (unpaired) electrons. The van der Waals surface area contributed by atoms with Crippen LogP contribution in [0.2, 0.25) is 0 Å². The van der Waals surface area contributed by atoms with Gasteiger partial charge in [0.25, 0.3) is 5.91 Å². The molecule has 1 heterocycles. The van der Waals surface area contributed by atoms with E-state index in [-0.39, 0.29) is 5.91 Å². The first-order chi connectivity index (χ1) is 11.6. The highest BCUT2D eigenvalue weighted by molar-refractivity contribution is 7.19. The zero-order valence-electron chi connectivity index (χ0n) is 13.8. The zero-order chi connectivity index (χ0) is 17.1. The number of hydrogen-bond acceptors (Lipinski definition) is 4. The number of anilines is 1. The van der Waals surface area contributed by atoms with Crippen molar-refractivity contribution in [3.8, 4) is 16.2 Å². The van der Waals surface area contributed by atoms with Crippen LogP contribution in [-0.2, 0) is 0 Å². The van der Waals surface area contributed by atoms with Crippen molar-refractivity contribution in [1.82, 2.24) is 4.98 Å². The van der Waals surface area contributed by atoms with Crippen molar-refractivity contribution in [2.24, 2.45) is 0 Å². The molecule has 0 saturated carbocycles. The Hall–Kier alpha value is -2.66. The minimum absolute atomic E-state index is 0.227. The number of benzene rings is 2. The Morgan fingerprint density at radius 2 is 1.96 bits per heavy atom. The third-order valence-electron chi connectivity index (χ3n) is 3.74. The maximum absolute atomic E-state index is 12.4. The summed E-state index contributed by atoms with van der Waals surface area (Å²) in [6, 6.07) is 13.4. The monoisotopic (exact) mass is 338 g/mol. The van der Waals surface area contributed by atoms with Gasteiger partial charge in [-0.25, -0.2) is 4.98 Å². The third-order valence-corrected chi connectivity index (χ3v) is 4.68. The number of nitrogens with zero attached hydrogens (tertiary/aromatic N) is 1. The maximum atomic E-state index is 12.4. The van der Waals surface area contributed by atoms with Crippen molar-refractivity contribution >= 4 is 22.4 Å². The van der Waals surface area contributed by atoms with E-state index in [1.165, 1.54) is 22.5 Å². The number of para-hydroxylation sites is 1. The quantitative estimate of drug-likeness (QED) is 0.751. The van der Waals surface area contributed by atoms with E-state index in [9.17, 15) is 4.79 Å². The van der Waals surface area contributed by atoms with Crippen LogP contribution in [0.1, 0.15) is 21.5 Å². The van der Waals surface area contributed by atoms with Crippen LogP contribution in [0.15, 0.2) is 48.7 Å². The van der Waals surface area contributed by atoms with Gasteiger partial charge in [0.05, 0.1) is 17.6 Å². The number of aryl methyl sites for hydroxylation is 2. The first kappa shape index (κ1) is 16.2. The summed E-state index contributed by atoms with van der Waals surface area (Å²) in [6.07, 6.45) is 1.80. The topological polar surface area (TPSA) is 51.2 Å². The second kappa shape index (κ2) is 6.84. The molecule has 2 aromatic carbocycles. The highest BCUT2D eigenvalue weighted by atomic mass is 32.1. The maximum Gasteiger partial charge on any atom is 0.261 e. The van der Waals surface area contributed by atoms with E-state index < -0.39 is 0 Å². The average molecular weight is 338 g/mol. The molecule has 24 heavy (non-hydrogen) atoms. The second-order valence-electron chi connectivity index (χ2n) is 5.50. The van der Waals surface area contributed by atoms with Crippen LogP contribution < -0.4 is 10.1 Å². The molecule has 3 aromatic rings. The summed E-state index contributed by atoms with van der Waals surface area (Å²) in [5.74, 6) is 0.315. The first-order valence-electron chi connectivity index (χ1n) is 7.56. The highest BCUT2D eigenvalue weighted by Gasteiger charge is 2.14. The normalized spacial score (nSPS) is 10.5. The Balaban J connectivity index is 1.84. The standard InChI is InChI=1S/C19H18N2O2S/c1-12-8-9-13(2)15(10-12)17-11-20-19(24-17)21-18(22)14-6-4-5-7-16(14)23-3/h4-11H,1-3H3,(H,20,21,22). The minimum Gasteiger partial charge on any atom is -0.496 e. The second-order valence-corrected chi connectivity index (χ2v) is 6.53. The predicted molar refractivity (Wildman–Crippen MR) is 98.0 cm³/mol. The van der Waals surface area contributed by atoms with Crippen LogP contribution in [0.3, 0.4) is 0 Å². The van der Waals surface area contributed by atoms with E-state index in [4.69, 9.17) is 4.74 Å². The zero-order valence-corrected chi connectivity index (χ0v) is 14.6. The van der Waals surface area contributed by atoms with Gasteiger partial charge in [0.1, 0.15) is 5.75 Å². The molecule has 0 aliphatic carbocycles. The van der Waals surface area contributed by atoms with E-state index in [2.05, 4.69) is 42.3 Å². The summed E-state index contributed by atoms with van der Waals surface area (Å²) < 4.78 is 5.23. The molecule has 0 aliphatic heterocycles. The molecule has 0 fully saturated rings. The molecule has 122 valence electrons. The molecule has 5 heteroatoms. The largest absolute Gasteiger partial charge is 0.496 e. The van der Waals surface area contributed by atoms with Gasteiger partial charge in [-0.05, 0) is 37.1 Å². The Morgan fingerprint density at radius 1 is 1.17 bits per heavy atom. The molecule has 0 unspecified atom stereocenters. The van der Waals surface area contributed by atoms with Gasteiger partial charge in [-0.15, -0.1) is 0 Å². The summed E-state index contributed by atoms with van der Waals surface area (Å²) >= 11 is 1.46. The fourth-order valence-electron chi connectivity index (χ4n) is 2.45. The molecular weight excluding hydrogens is 320 g/mol. The smallest absolute Gasteiger partial charge is 0.261 e. The molecule has 1 aromatic heterocycles. The van der Waals surface area contributed by atoms with Crippen molar-refractivity contribution in [2.75, 3.05) is 12.4 Å². The lowest BCUT2D eigenvalue weighted by atomic mass is 10.1. The van der Waals surface area contributed by atoms with Crippen molar-refractivity contribution < 1.29 is 9.53 Å². The molecule has 3 rings (SSSR count). The van der Waals surface area contributed by atoms with Crippen LogP contribution in [0.25, 0.3) is 10.4 Å². The molecule has 1 amide bonds. The van der Waals surface area contributed by atoms with E-state index in [0.29, 0.717) is 16.4 Å². The third kappa shape index (κ3) is 3.31. The summed E-state index contributed by atoms with van der Waals surface area (Å²) in [5.41, 5.74) is 4.02. The lowest BCUT2D eigenvalue weighted by molar-refractivity contribution is 0.102. The number of nitrogens with one attached hydrogen (secondary N) is 1. The van der Waals surface area contributed by atoms with Gasteiger partial charge >= 0.3 is 0 Å². The summed E-state index contributed by atoms with van der Waals surface area (Å²) in [4.78, 5) is 17.8. The van der Waals surface area contributed by atoms with Crippen molar-refractivity contribution in [1.29, 1.82) is 0 Å². The molecule has 4 nitrogen and oxygen atoms in total. The lowest BCUT2D eigenvalue weighted by Gasteiger charge is -2.07. The number of carbonyl (C=O) groups is 1. The summed E-state index contributed by atoms with van der Waals surface area (Å²) in [6.45, 7) is 4.13. The molecule has 0 aliphatic rings. The summed E-state index contributed by atoms with van der Waals surface area (Å²) in [7, 11) is 1.55. The van der Waals surface area contributed by atoms with E-state index >= 15 is 0 Å². The van der Waals surface area contributed by atoms with Crippen LogP contribution in [0.5, 0.6) is 5.75 Å². The van der Waals surface area contributed by atoms with E-state index in [1.54, 1.807) is 31.5 Å². The van der Waals surface area contributed by atoms with Crippen molar-refractivity contribution in [2.45, 2.75) is 13.8 Å². The molecule has 0 bridgehead atoms. The van der Waals surface area contributed by atoms with Gasteiger partial charge in [-0.2, -0.15) is 0 Å². The van der Waals surface area contributed by atoms with E-state index in [1.807, 2.05) is 6.07 Å². The average Bonchev–Trinajstić information content (AvgIpc) is 3.05. The molecular formula is C19H18N2O2S. The van der Waals surface area contributed by atoms with Crippen LogP contribution in [0, 0.1) is 13.8 Å². The Kier molecular flexibility index (Phi) is 4.62. The number of thiazole rings is 1. The number of carbonyl (C=O) groups excluding carboxylic acids is 1. The van der Waals surface area contributed by atoms with Gasteiger partial charge in [0, 0.05) is 6.20 Å². The number of hydrogen-bond donors (Lipinski definition) is 1. The number of ether oxygens (including phenoxy) is 1. The van der Waals surface area contributed by atoms with Crippen LogP contribution in [0.4, 0.5) is 5.13 Å². The first-order valence-corrected chi connectivity index (χ1v) is 8.38. The van der Waals surface area contributed by atoms with Crippen molar-refractivity contribution in [3.05, 3.63) is 65.4 Å². The number of aromatic nitrogens is 1. The molecule has 0 spiro atoms. The van der Waals surface area contributed by atoms with Gasteiger partial charge in [0.15, 0.2) is 5.13 Å². The van der Waals surface area contributed by atoms with Gasteiger partial charge in [-0.1, -0.05) is 47.2 Å². The lowest BCUT2D eigenvalue weighted by Crippen LogP contribution is -2.12. The SMILES string of the molecule is COc1ccccc1C(=O)Nc1ncc(-c2cc(C)ccc2C)s1. The highest BCUT2D eigenvalue weighted by Crippen LogP contribution is 2.32. The van der Waals surface area contributed by atoms with Gasteiger partial charge in [0.2, 0.25) is 0 Å². The predicted octanol–water partition coefficient (Wildman–Crippen LogP) is 4.69. The number of methoxy groups -OCH3 is 1. The minimum atomic E-state index is -0.227. The summed E-state index contributed by atoms with van der Waals surface area (Å²) in [5, 5.41) is 3.42. The van der Waals surface area contributed by atoms with Crippen molar-refractivity contribution in [3.63, 3.8) is 0 Å². The van der Waals surface area contributed by atoms with Gasteiger partial charge in [-0.3, -0.25) is 10.1 Å².